The Kier molecular flexibility index (Phi) is 15.9. The molecule has 106 valence electrons. The fraction of sp³-hybridized carbons (Fsp3) is 1.00. The van der Waals surface area contributed by atoms with Crippen LogP contribution in [-0.2, 0) is 0 Å². The number of rotatable bonds is 4. The molecule has 0 amide bonds. The van der Waals surface area contributed by atoms with Crippen LogP contribution in [0.15, 0.2) is 0 Å². The van der Waals surface area contributed by atoms with Crippen LogP contribution in [0.5, 0.6) is 0 Å². The van der Waals surface area contributed by atoms with Gasteiger partial charge in [-0.1, -0.05) is 79.1 Å². The highest BCUT2D eigenvalue weighted by molar-refractivity contribution is 4.76. The quantitative estimate of drug-likeness (QED) is 0.628. The molecular weight excluding hydrogens is 208 g/mol. The predicted octanol–water partition coefficient (Wildman–Crippen LogP) is 5.70. The third-order valence-corrected chi connectivity index (χ3v) is 3.14. The highest BCUT2D eigenvalue weighted by Crippen LogP contribution is 2.26. The van der Waals surface area contributed by atoms with Crippen molar-refractivity contribution in [2.24, 2.45) is 0 Å². The first kappa shape index (κ1) is 19.3. The van der Waals surface area contributed by atoms with Gasteiger partial charge in [0.2, 0.25) is 0 Å². The molecular formula is C16H36O. The van der Waals surface area contributed by atoms with E-state index in [0.717, 1.165) is 12.8 Å². The van der Waals surface area contributed by atoms with E-state index in [0.29, 0.717) is 0 Å². The number of unbranched alkanes of at least 4 members (excludes halogenated alkanes) is 4. The Balaban J connectivity index is 0. The first-order valence-corrected chi connectivity index (χ1v) is 7.84. The van der Waals surface area contributed by atoms with Gasteiger partial charge in [0.1, 0.15) is 0 Å². The Morgan fingerprint density at radius 1 is 0.824 bits per heavy atom. The van der Waals surface area contributed by atoms with E-state index in [9.17, 15) is 5.11 Å². The molecule has 0 aromatic rings. The maximum Gasteiger partial charge on any atom is 0.0619 e. The molecule has 0 radical (unpaired) electrons. The normalized spacial score (nSPS) is 17.3. The zero-order chi connectivity index (χ0) is 13.6. The summed E-state index contributed by atoms with van der Waals surface area (Å²) in [6.07, 6.45) is 12.8. The van der Waals surface area contributed by atoms with Crippen molar-refractivity contribution in [3.8, 4) is 0 Å². The third kappa shape index (κ3) is 16.0. The minimum absolute atomic E-state index is 0.321. The fourth-order valence-electron chi connectivity index (χ4n) is 1.99. The number of aliphatic hydroxyl groups is 1. The van der Waals surface area contributed by atoms with Crippen molar-refractivity contribution in [3.05, 3.63) is 0 Å². The van der Waals surface area contributed by atoms with Crippen LogP contribution in [0.1, 0.15) is 98.8 Å². The van der Waals surface area contributed by atoms with Crippen LogP contribution >= 0.6 is 0 Å². The second-order valence-corrected chi connectivity index (χ2v) is 5.12. The molecule has 0 bridgehead atoms. The van der Waals surface area contributed by atoms with Crippen LogP contribution in [0.4, 0.5) is 0 Å². The third-order valence-electron chi connectivity index (χ3n) is 3.14. The first-order valence-electron chi connectivity index (χ1n) is 7.84. The van der Waals surface area contributed by atoms with Gasteiger partial charge in [-0.2, -0.15) is 0 Å². The van der Waals surface area contributed by atoms with E-state index < -0.39 is 0 Å². The van der Waals surface area contributed by atoms with E-state index in [1.54, 1.807) is 0 Å². The van der Waals surface area contributed by atoms with Crippen LogP contribution in [0, 0.1) is 0 Å². The van der Waals surface area contributed by atoms with Crippen molar-refractivity contribution >= 4 is 0 Å². The molecule has 1 heteroatoms. The molecule has 0 saturated heterocycles. The molecule has 1 nitrogen and oxygen atoms in total. The largest absolute Gasteiger partial charge is 0.390 e. The van der Waals surface area contributed by atoms with Crippen LogP contribution in [0.2, 0.25) is 0 Å². The standard InChI is InChI=1S/C7H14O.C7H16.C2H6/c1-7(8)5-3-2-4-6-7;1-3-5-7-6-4-2;1-2/h8H,2-6H2,1H3;3-7H2,1-2H3;1-2H3. The van der Waals surface area contributed by atoms with Gasteiger partial charge in [-0.15, -0.1) is 0 Å². The van der Waals surface area contributed by atoms with Crippen LogP contribution in [0.25, 0.3) is 0 Å². The summed E-state index contributed by atoms with van der Waals surface area (Å²) >= 11 is 0. The van der Waals surface area contributed by atoms with E-state index in [1.165, 1.54) is 51.4 Å². The molecule has 0 heterocycles. The Hall–Kier alpha value is -0.0400. The molecule has 1 N–H and O–H groups in total. The van der Waals surface area contributed by atoms with Crippen molar-refractivity contribution in [1.29, 1.82) is 0 Å². The molecule has 1 rings (SSSR count). The zero-order valence-electron chi connectivity index (χ0n) is 13.0. The van der Waals surface area contributed by atoms with Crippen molar-refractivity contribution in [2.75, 3.05) is 0 Å². The SMILES string of the molecule is CC.CC1(O)CCCCC1.CCCCCCC. The average Bonchev–Trinajstić information content (AvgIpc) is 2.33. The second-order valence-electron chi connectivity index (χ2n) is 5.12. The van der Waals surface area contributed by atoms with Crippen LogP contribution in [0.3, 0.4) is 0 Å². The Bertz CT molecular complexity index is 117. The second kappa shape index (κ2) is 14.0. The highest BCUT2D eigenvalue weighted by atomic mass is 16.3. The van der Waals surface area contributed by atoms with Crippen molar-refractivity contribution in [1.82, 2.24) is 0 Å². The lowest BCUT2D eigenvalue weighted by molar-refractivity contribution is 0.0225. The van der Waals surface area contributed by atoms with E-state index in [-0.39, 0.29) is 5.60 Å². The van der Waals surface area contributed by atoms with Crippen molar-refractivity contribution < 1.29 is 5.11 Å². The molecule has 1 fully saturated rings. The van der Waals surface area contributed by atoms with E-state index >= 15 is 0 Å². The minimum Gasteiger partial charge on any atom is -0.390 e. The lowest BCUT2D eigenvalue weighted by Gasteiger charge is -2.27. The molecule has 1 aliphatic carbocycles. The number of hydrogen-bond acceptors (Lipinski definition) is 1. The summed E-state index contributed by atoms with van der Waals surface area (Å²) < 4.78 is 0. The summed E-state index contributed by atoms with van der Waals surface area (Å²) in [5.41, 5.74) is -0.321. The summed E-state index contributed by atoms with van der Waals surface area (Å²) in [7, 11) is 0. The fourth-order valence-corrected chi connectivity index (χ4v) is 1.99. The van der Waals surface area contributed by atoms with Gasteiger partial charge in [0, 0.05) is 0 Å². The Morgan fingerprint density at radius 3 is 1.47 bits per heavy atom. The molecule has 17 heavy (non-hydrogen) atoms. The van der Waals surface area contributed by atoms with Gasteiger partial charge in [-0.05, 0) is 19.8 Å². The summed E-state index contributed by atoms with van der Waals surface area (Å²) in [4.78, 5) is 0. The molecule has 0 aromatic heterocycles. The van der Waals surface area contributed by atoms with Crippen molar-refractivity contribution in [3.63, 3.8) is 0 Å². The van der Waals surface area contributed by atoms with Gasteiger partial charge in [-0.25, -0.2) is 0 Å². The lowest BCUT2D eigenvalue weighted by atomic mass is 9.87. The molecule has 1 saturated carbocycles. The molecule has 1 aliphatic rings. The van der Waals surface area contributed by atoms with Gasteiger partial charge in [-0.3, -0.25) is 0 Å². The molecule has 0 spiro atoms. The van der Waals surface area contributed by atoms with Gasteiger partial charge in [0.25, 0.3) is 0 Å². The maximum absolute atomic E-state index is 9.37. The van der Waals surface area contributed by atoms with Crippen LogP contribution < -0.4 is 0 Å². The van der Waals surface area contributed by atoms with Crippen molar-refractivity contribution in [2.45, 2.75) is 104 Å². The minimum atomic E-state index is -0.321. The maximum atomic E-state index is 9.37. The summed E-state index contributed by atoms with van der Waals surface area (Å²) in [5, 5.41) is 9.37. The number of hydrogen-bond donors (Lipinski definition) is 1. The van der Waals surface area contributed by atoms with E-state index in [4.69, 9.17) is 0 Å². The molecule has 0 atom stereocenters. The summed E-state index contributed by atoms with van der Waals surface area (Å²) in [6, 6.07) is 0. The van der Waals surface area contributed by atoms with E-state index in [1.807, 2.05) is 20.8 Å². The first-order chi connectivity index (χ1) is 8.12. The average molecular weight is 244 g/mol. The summed E-state index contributed by atoms with van der Waals surface area (Å²) in [6.45, 7) is 10.4. The molecule has 0 unspecified atom stereocenters. The van der Waals surface area contributed by atoms with Gasteiger partial charge < -0.3 is 5.11 Å². The summed E-state index contributed by atoms with van der Waals surface area (Å²) in [5.74, 6) is 0. The Morgan fingerprint density at radius 2 is 1.24 bits per heavy atom. The van der Waals surface area contributed by atoms with Gasteiger partial charge >= 0.3 is 0 Å². The smallest absolute Gasteiger partial charge is 0.0619 e. The monoisotopic (exact) mass is 244 g/mol. The van der Waals surface area contributed by atoms with E-state index in [2.05, 4.69) is 13.8 Å². The Labute approximate surface area is 110 Å². The topological polar surface area (TPSA) is 20.2 Å². The zero-order valence-corrected chi connectivity index (χ0v) is 13.0. The van der Waals surface area contributed by atoms with Gasteiger partial charge in [0.15, 0.2) is 0 Å². The molecule has 0 aliphatic heterocycles. The highest BCUT2D eigenvalue weighted by Gasteiger charge is 2.22. The predicted molar refractivity (Wildman–Crippen MR) is 79.5 cm³/mol. The van der Waals surface area contributed by atoms with Gasteiger partial charge in [0.05, 0.1) is 5.60 Å². The molecule has 0 aromatic carbocycles. The lowest BCUT2D eigenvalue weighted by Crippen LogP contribution is -2.26. The van der Waals surface area contributed by atoms with Crippen LogP contribution in [-0.4, -0.2) is 10.7 Å².